The summed E-state index contributed by atoms with van der Waals surface area (Å²) in [7, 11) is 0. The second kappa shape index (κ2) is 7.42. The fraction of sp³-hybridized carbons (Fsp3) is 0.333. The van der Waals surface area contributed by atoms with Gasteiger partial charge in [0.05, 0.1) is 23.3 Å². The van der Waals surface area contributed by atoms with Gasteiger partial charge >= 0.3 is 0 Å². The second-order valence-corrected chi connectivity index (χ2v) is 7.02. The van der Waals surface area contributed by atoms with Crippen LogP contribution in [0, 0.1) is 6.92 Å². The number of amides is 2. The number of rotatable bonds is 4. The number of nitrogens with one attached hydrogen (secondary N) is 1. The Hall–Kier alpha value is -3.22. The number of fused-ring (bicyclic) bond motifs is 1. The van der Waals surface area contributed by atoms with Crippen LogP contribution in [0.15, 0.2) is 42.6 Å². The van der Waals surface area contributed by atoms with Crippen molar-refractivity contribution in [1.82, 2.24) is 25.0 Å². The lowest BCUT2D eigenvalue weighted by Gasteiger charge is -2.34. The van der Waals surface area contributed by atoms with Crippen LogP contribution in [0.1, 0.15) is 35.1 Å². The van der Waals surface area contributed by atoms with Crippen LogP contribution in [-0.2, 0) is 11.3 Å². The Morgan fingerprint density at radius 1 is 1.29 bits per heavy atom. The van der Waals surface area contributed by atoms with E-state index >= 15 is 0 Å². The molecule has 0 saturated carbocycles. The minimum Gasteiger partial charge on any atom is -0.353 e. The van der Waals surface area contributed by atoms with Crippen LogP contribution < -0.4 is 5.32 Å². The number of aromatic nitrogens is 3. The number of piperazine rings is 1. The van der Waals surface area contributed by atoms with Crippen LogP contribution in [-0.4, -0.2) is 50.6 Å². The van der Waals surface area contributed by atoms with Gasteiger partial charge in [0.15, 0.2) is 0 Å². The highest BCUT2D eigenvalue weighted by Crippen LogP contribution is 2.23. The molecule has 1 N–H and O–H groups in total. The number of hydrogen-bond donors (Lipinski definition) is 1. The molecule has 2 aromatic heterocycles. The summed E-state index contributed by atoms with van der Waals surface area (Å²) in [6.45, 7) is 5.38. The molecule has 0 spiro atoms. The van der Waals surface area contributed by atoms with Crippen LogP contribution in [0.2, 0.25) is 0 Å². The molecule has 4 rings (SSSR count). The summed E-state index contributed by atoms with van der Waals surface area (Å²) in [4.78, 5) is 32.1. The van der Waals surface area contributed by atoms with Crippen molar-refractivity contribution in [3.63, 3.8) is 0 Å². The molecular formula is C21H23N5O2. The second-order valence-electron chi connectivity index (χ2n) is 7.02. The third-order valence-corrected chi connectivity index (χ3v) is 5.22. The predicted molar refractivity (Wildman–Crippen MR) is 106 cm³/mol. The van der Waals surface area contributed by atoms with E-state index in [1.54, 1.807) is 11.1 Å². The van der Waals surface area contributed by atoms with Gasteiger partial charge in [-0.25, -0.2) is 0 Å². The Bertz CT molecular complexity index is 1040. The lowest BCUT2D eigenvalue weighted by Crippen LogP contribution is -2.56. The van der Waals surface area contributed by atoms with Gasteiger partial charge in [-0.1, -0.05) is 25.1 Å². The first kappa shape index (κ1) is 18.2. The van der Waals surface area contributed by atoms with Crippen molar-refractivity contribution in [2.75, 3.05) is 13.1 Å². The van der Waals surface area contributed by atoms with E-state index in [0.29, 0.717) is 31.6 Å². The van der Waals surface area contributed by atoms with Crippen LogP contribution in [0.4, 0.5) is 0 Å². The number of hydrogen-bond acceptors (Lipinski definition) is 4. The topological polar surface area (TPSA) is 80.1 Å². The van der Waals surface area contributed by atoms with E-state index in [9.17, 15) is 9.59 Å². The molecule has 7 nitrogen and oxygen atoms in total. The SMILES string of the molecule is CC[C@H]1C(=O)NCCN1C(=O)c1cc(Cn2nccc2C)nc2ccccc12. The van der Waals surface area contributed by atoms with Gasteiger partial charge in [-0.3, -0.25) is 19.3 Å². The van der Waals surface area contributed by atoms with E-state index in [1.807, 2.05) is 54.9 Å². The van der Waals surface area contributed by atoms with E-state index in [-0.39, 0.29) is 11.8 Å². The van der Waals surface area contributed by atoms with E-state index in [0.717, 1.165) is 22.3 Å². The van der Waals surface area contributed by atoms with E-state index in [4.69, 9.17) is 4.98 Å². The van der Waals surface area contributed by atoms with Gasteiger partial charge in [0, 0.05) is 30.4 Å². The molecule has 1 aliphatic heterocycles. The van der Waals surface area contributed by atoms with Gasteiger partial charge in [-0.2, -0.15) is 5.10 Å². The molecule has 0 aliphatic carbocycles. The quantitative estimate of drug-likeness (QED) is 0.755. The van der Waals surface area contributed by atoms with Gasteiger partial charge < -0.3 is 10.2 Å². The third kappa shape index (κ3) is 3.24. The number of benzene rings is 1. The molecule has 1 fully saturated rings. The predicted octanol–water partition coefficient (Wildman–Crippen LogP) is 2.14. The molecule has 1 saturated heterocycles. The Balaban J connectivity index is 1.77. The maximum Gasteiger partial charge on any atom is 0.255 e. The first-order chi connectivity index (χ1) is 13.6. The lowest BCUT2D eigenvalue weighted by atomic mass is 10.0. The van der Waals surface area contributed by atoms with Crippen LogP contribution in [0.3, 0.4) is 0 Å². The van der Waals surface area contributed by atoms with Gasteiger partial charge in [-0.15, -0.1) is 0 Å². The molecular weight excluding hydrogens is 354 g/mol. The maximum absolute atomic E-state index is 13.4. The molecule has 3 heterocycles. The first-order valence-corrected chi connectivity index (χ1v) is 9.54. The number of aryl methyl sites for hydroxylation is 1. The zero-order valence-electron chi connectivity index (χ0n) is 16.1. The molecule has 0 radical (unpaired) electrons. The van der Waals surface area contributed by atoms with Crippen molar-refractivity contribution in [2.45, 2.75) is 32.9 Å². The Kier molecular flexibility index (Phi) is 4.81. The third-order valence-electron chi connectivity index (χ3n) is 5.22. The summed E-state index contributed by atoms with van der Waals surface area (Å²) in [5.74, 6) is -0.216. The van der Waals surface area contributed by atoms with E-state index in [2.05, 4.69) is 10.4 Å². The number of carbonyl (C=O) groups is 2. The Labute approximate surface area is 163 Å². The minimum atomic E-state index is -0.440. The molecule has 144 valence electrons. The van der Waals surface area contributed by atoms with Crippen molar-refractivity contribution < 1.29 is 9.59 Å². The summed E-state index contributed by atoms with van der Waals surface area (Å²) >= 11 is 0. The molecule has 0 unspecified atom stereocenters. The van der Waals surface area contributed by atoms with Crippen molar-refractivity contribution in [2.24, 2.45) is 0 Å². The zero-order valence-corrected chi connectivity index (χ0v) is 16.1. The summed E-state index contributed by atoms with van der Waals surface area (Å²) < 4.78 is 1.86. The average Bonchev–Trinajstić information content (AvgIpc) is 3.11. The molecule has 1 atom stereocenters. The van der Waals surface area contributed by atoms with Crippen LogP contribution in [0.5, 0.6) is 0 Å². The molecule has 3 aromatic rings. The summed E-state index contributed by atoms with van der Waals surface area (Å²) in [6, 6.07) is 11.0. The minimum absolute atomic E-state index is 0.0900. The number of nitrogens with zero attached hydrogens (tertiary/aromatic N) is 4. The Morgan fingerprint density at radius 3 is 2.86 bits per heavy atom. The highest BCUT2D eigenvalue weighted by atomic mass is 16.2. The van der Waals surface area contributed by atoms with Crippen molar-refractivity contribution >= 4 is 22.7 Å². The van der Waals surface area contributed by atoms with Gasteiger partial charge in [0.2, 0.25) is 5.91 Å². The largest absolute Gasteiger partial charge is 0.353 e. The maximum atomic E-state index is 13.4. The van der Waals surface area contributed by atoms with Gasteiger partial charge in [-0.05, 0) is 31.5 Å². The van der Waals surface area contributed by atoms with Gasteiger partial charge in [0.25, 0.3) is 5.91 Å². The summed E-state index contributed by atoms with van der Waals surface area (Å²) in [5, 5.41) is 7.97. The number of para-hydroxylation sites is 1. The molecule has 1 aromatic carbocycles. The Morgan fingerprint density at radius 2 is 2.11 bits per heavy atom. The monoisotopic (exact) mass is 377 g/mol. The van der Waals surface area contributed by atoms with Crippen molar-refractivity contribution in [3.8, 4) is 0 Å². The van der Waals surface area contributed by atoms with Crippen LogP contribution in [0.25, 0.3) is 10.9 Å². The number of pyridine rings is 1. The summed E-state index contributed by atoms with van der Waals surface area (Å²) in [5.41, 5.74) is 3.14. The average molecular weight is 377 g/mol. The standard InChI is InChI=1S/C21H23N5O2/c1-3-19-20(27)22-10-11-25(19)21(28)17-12-15(13-26-14(2)8-9-23-26)24-18-7-5-4-6-16(17)18/h4-9,12,19H,3,10-11,13H2,1-2H3,(H,22,27)/t19-/m0/s1. The number of carbonyl (C=O) groups excluding carboxylic acids is 2. The molecule has 1 aliphatic rings. The molecule has 7 heteroatoms. The zero-order chi connectivity index (χ0) is 19.7. The fourth-order valence-electron chi connectivity index (χ4n) is 3.72. The molecule has 28 heavy (non-hydrogen) atoms. The van der Waals surface area contributed by atoms with E-state index in [1.165, 1.54) is 0 Å². The van der Waals surface area contributed by atoms with Crippen molar-refractivity contribution in [1.29, 1.82) is 0 Å². The van der Waals surface area contributed by atoms with Crippen molar-refractivity contribution in [3.05, 3.63) is 59.5 Å². The lowest BCUT2D eigenvalue weighted by molar-refractivity contribution is -0.127. The highest BCUT2D eigenvalue weighted by molar-refractivity contribution is 6.07. The van der Waals surface area contributed by atoms with E-state index < -0.39 is 6.04 Å². The first-order valence-electron chi connectivity index (χ1n) is 9.54. The van der Waals surface area contributed by atoms with Gasteiger partial charge in [0.1, 0.15) is 6.04 Å². The summed E-state index contributed by atoms with van der Waals surface area (Å²) in [6.07, 6.45) is 2.33. The smallest absolute Gasteiger partial charge is 0.255 e. The molecule has 0 bridgehead atoms. The molecule has 2 amide bonds. The fourth-order valence-corrected chi connectivity index (χ4v) is 3.72. The highest BCUT2D eigenvalue weighted by Gasteiger charge is 2.33. The van der Waals surface area contributed by atoms with Crippen LogP contribution >= 0.6 is 0 Å². The normalized spacial score (nSPS) is 17.0.